The smallest absolute Gasteiger partial charge is 0.123 e. The minimum absolute atomic E-state index is 0.249. The fourth-order valence-corrected chi connectivity index (χ4v) is 3.31. The summed E-state index contributed by atoms with van der Waals surface area (Å²) < 4.78 is 16.0. The SMILES string of the molecule is Fc1ccc(Br)c(-c2c(Br)cccc2Br)c1. The van der Waals surface area contributed by atoms with Gasteiger partial charge in [-0.3, -0.25) is 0 Å². The van der Waals surface area contributed by atoms with Crippen molar-refractivity contribution in [2.75, 3.05) is 0 Å². The Kier molecular flexibility index (Phi) is 3.82. The Labute approximate surface area is 118 Å². The number of hydrogen-bond acceptors (Lipinski definition) is 0. The van der Waals surface area contributed by atoms with E-state index in [1.807, 2.05) is 18.2 Å². The minimum Gasteiger partial charge on any atom is -0.207 e. The van der Waals surface area contributed by atoms with Crippen molar-refractivity contribution in [2.24, 2.45) is 0 Å². The molecule has 0 aliphatic carbocycles. The van der Waals surface area contributed by atoms with Crippen molar-refractivity contribution in [3.05, 3.63) is 55.6 Å². The molecule has 0 aromatic heterocycles. The molecular weight excluding hydrogens is 403 g/mol. The third-order valence-electron chi connectivity index (χ3n) is 2.16. The van der Waals surface area contributed by atoms with Crippen LogP contribution < -0.4 is 0 Å². The third-order valence-corrected chi connectivity index (χ3v) is 4.17. The van der Waals surface area contributed by atoms with E-state index in [0.717, 1.165) is 24.5 Å². The first-order chi connectivity index (χ1) is 7.59. The van der Waals surface area contributed by atoms with E-state index in [1.165, 1.54) is 12.1 Å². The van der Waals surface area contributed by atoms with Crippen LogP contribution in [0.1, 0.15) is 0 Å². The molecule has 0 nitrogen and oxygen atoms in total. The number of hydrogen-bond donors (Lipinski definition) is 0. The summed E-state index contributed by atoms with van der Waals surface area (Å²) in [5.41, 5.74) is 1.76. The van der Waals surface area contributed by atoms with Crippen LogP contribution in [0.3, 0.4) is 0 Å². The van der Waals surface area contributed by atoms with E-state index in [1.54, 1.807) is 6.07 Å². The van der Waals surface area contributed by atoms with Crippen LogP contribution in [0.5, 0.6) is 0 Å². The second-order valence-corrected chi connectivity index (χ2v) is 5.78. The Balaban J connectivity index is 2.72. The summed E-state index contributed by atoms with van der Waals surface area (Å²) in [5.74, 6) is -0.249. The van der Waals surface area contributed by atoms with Gasteiger partial charge in [-0.2, -0.15) is 0 Å². The summed E-state index contributed by atoms with van der Waals surface area (Å²) in [6.07, 6.45) is 0. The Morgan fingerprint density at radius 1 is 0.812 bits per heavy atom. The molecule has 0 aliphatic rings. The molecule has 0 aliphatic heterocycles. The maximum Gasteiger partial charge on any atom is 0.123 e. The second-order valence-electron chi connectivity index (χ2n) is 3.22. The maximum absolute atomic E-state index is 13.2. The average Bonchev–Trinajstić information content (AvgIpc) is 2.23. The van der Waals surface area contributed by atoms with E-state index in [4.69, 9.17) is 0 Å². The van der Waals surface area contributed by atoms with Crippen LogP contribution in [0, 0.1) is 5.82 Å². The highest BCUT2D eigenvalue weighted by molar-refractivity contribution is 9.11. The predicted molar refractivity (Wildman–Crippen MR) is 74.9 cm³/mol. The monoisotopic (exact) mass is 406 g/mol. The van der Waals surface area contributed by atoms with E-state index in [9.17, 15) is 4.39 Å². The molecule has 82 valence electrons. The molecule has 0 unspecified atom stereocenters. The van der Waals surface area contributed by atoms with E-state index in [2.05, 4.69) is 47.8 Å². The molecule has 0 heterocycles. The van der Waals surface area contributed by atoms with Gasteiger partial charge in [0.15, 0.2) is 0 Å². The van der Waals surface area contributed by atoms with Crippen LogP contribution in [0.25, 0.3) is 11.1 Å². The Morgan fingerprint density at radius 2 is 1.44 bits per heavy atom. The lowest BCUT2D eigenvalue weighted by atomic mass is 10.1. The predicted octanol–water partition coefficient (Wildman–Crippen LogP) is 5.78. The van der Waals surface area contributed by atoms with Gasteiger partial charge < -0.3 is 0 Å². The lowest BCUT2D eigenvalue weighted by Crippen LogP contribution is -1.85. The topological polar surface area (TPSA) is 0 Å². The van der Waals surface area contributed by atoms with Gasteiger partial charge in [0.25, 0.3) is 0 Å². The standard InChI is InChI=1S/C12H6Br3F/c13-9-5-4-7(16)6-8(9)12-10(14)2-1-3-11(12)15/h1-6H. The zero-order chi connectivity index (χ0) is 11.7. The van der Waals surface area contributed by atoms with Crippen molar-refractivity contribution in [1.29, 1.82) is 0 Å². The lowest BCUT2D eigenvalue weighted by Gasteiger charge is -2.09. The Morgan fingerprint density at radius 3 is 2.06 bits per heavy atom. The highest BCUT2D eigenvalue weighted by atomic mass is 79.9. The van der Waals surface area contributed by atoms with Crippen molar-refractivity contribution < 1.29 is 4.39 Å². The van der Waals surface area contributed by atoms with Crippen molar-refractivity contribution in [1.82, 2.24) is 0 Å². The first-order valence-corrected chi connectivity index (χ1v) is 6.87. The molecule has 0 radical (unpaired) electrons. The highest BCUT2D eigenvalue weighted by Gasteiger charge is 2.11. The van der Waals surface area contributed by atoms with Crippen LogP contribution in [0.15, 0.2) is 49.8 Å². The van der Waals surface area contributed by atoms with Crippen LogP contribution in [-0.2, 0) is 0 Å². The highest BCUT2D eigenvalue weighted by Crippen LogP contribution is 2.38. The van der Waals surface area contributed by atoms with Crippen LogP contribution in [0.2, 0.25) is 0 Å². The first-order valence-electron chi connectivity index (χ1n) is 4.49. The molecule has 0 bridgehead atoms. The zero-order valence-electron chi connectivity index (χ0n) is 7.98. The van der Waals surface area contributed by atoms with Crippen LogP contribution >= 0.6 is 47.8 Å². The van der Waals surface area contributed by atoms with Crippen molar-refractivity contribution in [2.45, 2.75) is 0 Å². The molecule has 0 saturated heterocycles. The molecule has 0 atom stereocenters. The maximum atomic E-state index is 13.2. The van der Waals surface area contributed by atoms with Crippen molar-refractivity contribution >= 4 is 47.8 Å². The first kappa shape index (κ1) is 12.3. The quantitative estimate of drug-likeness (QED) is 0.561. The summed E-state index contributed by atoms with van der Waals surface area (Å²) in [7, 11) is 0. The average molecular weight is 409 g/mol. The number of halogens is 4. The van der Waals surface area contributed by atoms with Gasteiger partial charge in [0.1, 0.15) is 5.82 Å². The molecule has 4 heteroatoms. The summed E-state index contributed by atoms with van der Waals surface area (Å²) in [6.45, 7) is 0. The fourth-order valence-electron chi connectivity index (χ4n) is 1.44. The molecule has 0 spiro atoms. The van der Waals surface area contributed by atoms with Crippen molar-refractivity contribution in [3.63, 3.8) is 0 Å². The molecule has 0 fully saturated rings. The lowest BCUT2D eigenvalue weighted by molar-refractivity contribution is 0.628. The summed E-state index contributed by atoms with van der Waals surface area (Å²) >= 11 is 10.4. The summed E-state index contributed by atoms with van der Waals surface area (Å²) in [4.78, 5) is 0. The van der Waals surface area contributed by atoms with E-state index >= 15 is 0 Å². The minimum atomic E-state index is -0.249. The number of rotatable bonds is 1. The van der Waals surface area contributed by atoms with Gasteiger partial charge >= 0.3 is 0 Å². The zero-order valence-corrected chi connectivity index (χ0v) is 12.7. The van der Waals surface area contributed by atoms with Gasteiger partial charge in [-0.1, -0.05) is 53.9 Å². The summed E-state index contributed by atoms with van der Waals surface area (Å²) in [5, 5.41) is 0. The molecule has 16 heavy (non-hydrogen) atoms. The van der Waals surface area contributed by atoms with Crippen LogP contribution in [-0.4, -0.2) is 0 Å². The third kappa shape index (κ3) is 2.39. The number of benzene rings is 2. The second kappa shape index (κ2) is 4.98. The molecule has 2 rings (SSSR count). The van der Waals surface area contributed by atoms with Crippen molar-refractivity contribution in [3.8, 4) is 11.1 Å². The largest absolute Gasteiger partial charge is 0.207 e. The van der Waals surface area contributed by atoms with Gasteiger partial charge in [0.05, 0.1) is 0 Å². The molecule has 0 saturated carbocycles. The van der Waals surface area contributed by atoms with E-state index < -0.39 is 0 Å². The Bertz CT molecular complexity index is 518. The summed E-state index contributed by atoms with van der Waals surface area (Å²) in [6, 6.07) is 10.4. The molecule has 2 aromatic carbocycles. The van der Waals surface area contributed by atoms with Gasteiger partial charge in [0.2, 0.25) is 0 Å². The van der Waals surface area contributed by atoms with Gasteiger partial charge in [0, 0.05) is 24.5 Å². The van der Waals surface area contributed by atoms with Crippen LogP contribution in [0.4, 0.5) is 4.39 Å². The fraction of sp³-hybridized carbons (Fsp3) is 0. The molecule has 0 N–H and O–H groups in total. The van der Waals surface area contributed by atoms with Gasteiger partial charge in [-0.25, -0.2) is 4.39 Å². The Hall–Kier alpha value is -0.190. The van der Waals surface area contributed by atoms with E-state index in [-0.39, 0.29) is 5.82 Å². The van der Waals surface area contributed by atoms with Gasteiger partial charge in [-0.15, -0.1) is 0 Å². The molecule has 2 aromatic rings. The normalized spacial score (nSPS) is 10.5. The van der Waals surface area contributed by atoms with Gasteiger partial charge in [-0.05, 0) is 30.3 Å². The molecule has 0 amide bonds. The molecular formula is C12H6Br3F. The van der Waals surface area contributed by atoms with E-state index in [0.29, 0.717) is 0 Å².